The number of rotatable bonds is 6. The van der Waals surface area contributed by atoms with E-state index in [-0.39, 0.29) is 12.4 Å². The molecular formula is C17H16FNO2S. The number of hydrogen-bond donors (Lipinski definition) is 1. The van der Waals surface area contributed by atoms with Crippen LogP contribution in [0.1, 0.15) is 5.56 Å². The lowest BCUT2D eigenvalue weighted by Crippen LogP contribution is -2.03. The molecule has 0 aliphatic carbocycles. The first-order valence-corrected chi connectivity index (χ1v) is 8.18. The molecule has 22 heavy (non-hydrogen) atoms. The van der Waals surface area contributed by atoms with E-state index in [4.69, 9.17) is 11.2 Å². The Hall–Kier alpha value is -2.32. The normalized spacial score (nSPS) is 11.5. The van der Waals surface area contributed by atoms with Gasteiger partial charge in [-0.1, -0.05) is 18.1 Å². The van der Waals surface area contributed by atoms with Crippen molar-refractivity contribution in [1.82, 2.24) is 0 Å². The Morgan fingerprint density at radius 2 is 2.00 bits per heavy atom. The molecule has 0 aliphatic heterocycles. The molecule has 0 fully saturated rings. The van der Waals surface area contributed by atoms with Gasteiger partial charge in [0.05, 0.1) is 5.69 Å². The quantitative estimate of drug-likeness (QED) is 0.832. The van der Waals surface area contributed by atoms with Crippen molar-refractivity contribution in [3.05, 3.63) is 53.8 Å². The Balaban J connectivity index is 2.07. The number of benzene rings is 2. The predicted octanol–water partition coefficient (Wildman–Crippen LogP) is 3.19. The van der Waals surface area contributed by atoms with Crippen LogP contribution in [0.2, 0.25) is 0 Å². The minimum Gasteiger partial charge on any atom is -0.479 e. The molecular weight excluding hydrogens is 301 g/mol. The van der Waals surface area contributed by atoms with Crippen LogP contribution in [0.25, 0.3) is 0 Å². The van der Waals surface area contributed by atoms with E-state index in [0.717, 1.165) is 10.5 Å². The van der Waals surface area contributed by atoms with E-state index in [1.807, 2.05) is 24.3 Å². The summed E-state index contributed by atoms with van der Waals surface area (Å²) in [6.07, 6.45) is 6.79. The molecule has 0 amide bonds. The first-order valence-electron chi connectivity index (χ1n) is 6.62. The summed E-state index contributed by atoms with van der Waals surface area (Å²) in [6, 6.07) is 11.7. The Morgan fingerprint density at radius 3 is 2.64 bits per heavy atom. The molecule has 0 aliphatic rings. The number of ether oxygens (including phenoxy) is 1. The van der Waals surface area contributed by atoms with Gasteiger partial charge in [0.25, 0.3) is 0 Å². The highest BCUT2D eigenvalue weighted by Crippen LogP contribution is 2.26. The molecule has 0 radical (unpaired) electrons. The summed E-state index contributed by atoms with van der Waals surface area (Å²) in [7, 11) is -0.988. The SMILES string of the molecule is C#CCOc1cc(F)ccc1NCc1ccc(S(C)=O)cc1. The molecule has 0 aromatic heterocycles. The number of terminal acetylenes is 1. The maximum absolute atomic E-state index is 13.3. The maximum atomic E-state index is 13.3. The van der Waals surface area contributed by atoms with Gasteiger partial charge in [0.2, 0.25) is 0 Å². The molecule has 2 aromatic carbocycles. The molecule has 114 valence electrons. The summed E-state index contributed by atoms with van der Waals surface area (Å²) in [4.78, 5) is 0.781. The average molecular weight is 317 g/mol. The van der Waals surface area contributed by atoms with Gasteiger partial charge in [0.1, 0.15) is 18.2 Å². The van der Waals surface area contributed by atoms with Crippen molar-refractivity contribution in [3.63, 3.8) is 0 Å². The molecule has 1 N–H and O–H groups in total. The van der Waals surface area contributed by atoms with Gasteiger partial charge < -0.3 is 10.1 Å². The fraction of sp³-hybridized carbons (Fsp3) is 0.176. The van der Waals surface area contributed by atoms with Crippen LogP contribution in [0.4, 0.5) is 10.1 Å². The van der Waals surface area contributed by atoms with Gasteiger partial charge in [0, 0.05) is 34.6 Å². The van der Waals surface area contributed by atoms with Crippen LogP contribution in [-0.2, 0) is 17.3 Å². The molecule has 1 atom stereocenters. The standard InChI is InChI=1S/C17H16FNO2S/c1-3-10-21-17-11-14(18)6-9-16(17)19-12-13-4-7-15(8-5-13)22(2)20/h1,4-9,11,19H,10,12H2,2H3. The molecule has 0 bridgehead atoms. The zero-order valence-corrected chi connectivity index (χ0v) is 13.0. The van der Waals surface area contributed by atoms with Crippen molar-refractivity contribution < 1.29 is 13.3 Å². The van der Waals surface area contributed by atoms with Crippen LogP contribution in [0, 0.1) is 18.2 Å². The lowest BCUT2D eigenvalue weighted by atomic mass is 10.2. The molecule has 2 rings (SSSR count). The third-order valence-electron chi connectivity index (χ3n) is 2.99. The van der Waals surface area contributed by atoms with Gasteiger partial charge in [-0.2, -0.15) is 0 Å². The van der Waals surface area contributed by atoms with E-state index in [1.54, 1.807) is 12.3 Å². The second-order valence-electron chi connectivity index (χ2n) is 4.58. The highest BCUT2D eigenvalue weighted by Gasteiger charge is 2.05. The van der Waals surface area contributed by atoms with Gasteiger partial charge in [-0.25, -0.2) is 4.39 Å². The van der Waals surface area contributed by atoms with Crippen LogP contribution in [0.3, 0.4) is 0 Å². The van der Waals surface area contributed by atoms with Gasteiger partial charge >= 0.3 is 0 Å². The second kappa shape index (κ2) is 7.62. The van der Waals surface area contributed by atoms with E-state index in [1.165, 1.54) is 12.1 Å². The molecule has 5 heteroatoms. The maximum Gasteiger partial charge on any atom is 0.148 e. The smallest absolute Gasteiger partial charge is 0.148 e. The monoisotopic (exact) mass is 317 g/mol. The minimum absolute atomic E-state index is 0.0785. The van der Waals surface area contributed by atoms with Crippen molar-refractivity contribution in [2.75, 3.05) is 18.2 Å². The second-order valence-corrected chi connectivity index (χ2v) is 5.96. The highest BCUT2D eigenvalue weighted by molar-refractivity contribution is 7.84. The molecule has 0 spiro atoms. The zero-order valence-electron chi connectivity index (χ0n) is 12.1. The van der Waals surface area contributed by atoms with Crippen molar-refractivity contribution in [1.29, 1.82) is 0 Å². The lowest BCUT2D eigenvalue weighted by molar-refractivity contribution is 0.369. The van der Waals surface area contributed by atoms with Gasteiger partial charge in [0.15, 0.2) is 0 Å². The first kappa shape index (κ1) is 16.1. The molecule has 0 saturated carbocycles. The van der Waals surface area contributed by atoms with Crippen molar-refractivity contribution in [3.8, 4) is 18.1 Å². The van der Waals surface area contributed by atoms with Crippen LogP contribution in [0.15, 0.2) is 47.4 Å². The van der Waals surface area contributed by atoms with E-state index in [9.17, 15) is 8.60 Å². The van der Waals surface area contributed by atoms with Gasteiger partial charge in [-0.05, 0) is 29.8 Å². The third-order valence-corrected chi connectivity index (χ3v) is 3.93. The van der Waals surface area contributed by atoms with Gasteiger partial charge in [-0.3, -0.25) is 4.21 Å². The summed E-state index contributed by atoms with van der Waals surface area (Å²) in [5, 5.41) is 3.18. The number of hydrogen-bond acceptors (Lipinski definition) is 3. The Labute approximate surface area is 132 Å². The van der Waals surface area contributed by atoms with Crippen molar-refractivity contribution in [2.24, 2.45) is 0 Å². The molecule has 0 saturated heterocycles. The average Bonchev–Trinajstić information content (AvgIpc) is 2.52. The fourth-order valence-corrected chi connectivity index (χ4v) is 2.40. The van der Waals surface area contributed by atoms with Crippen molar-refractivity contribution in [2.45, 2.75) is 11.4 Å². The zero-order chi connectivity index (χ0) is 15.9. The van der Waals surface area contributed by atoms with Crippen LogP contribution in [0.5, 0.6) is 5.75 Å². The fourth-order valence-electron chi connectivity index (χ4n) is 1.88. The summed E-state index contributed by atoms with van der Waals surface area (Å²) in [5.41, 5.74) is 1.68. The lowest BCUT2D eigenvalue weighted by Gasteiger charge is -2.12. The number of halogens is 1. The van der Waals surface area contributed by atoms with Crippen LogP contribution >= 0.6 is 0 Å². The summed E-state index contributed by atoms with van der Waals surface area (Å²) < 4.78 is 29.9. The van der Waals surface area contributed by atoms with E-state index < -0.39 is 10.8 Å². The topological polar surface area (TPSA) is 38.3 Å². The van der Waals surface area contributed by atoms with E-state index in [0.29, 0.717) is 18.0 Å². The summed E-state index contributed by atoms with van der Waals surface area (Å²) >= 11 is 0. The number of nitrogens with one attached hydrogen (secondary N) is 1. The third kappa shape index (κ3) is 4.34. The van der Waals surface area contributed by atoms with E-state index in [2.05, 4.69) is 11.2 Å². The Morgan fingerprint density at radius 1 is 1.27 bits per heavy atom. The molecule has 2 aromatic rings. The molecule has 1 unspecified atom stereocenters. The van der Waals surface area contributed by atoms with Crippen LogP contribution < -0.4 is 10.1 Å². The highest BCUT2D eigenvalue weighted by atomic mass is 32.2. The largest absolute Gasteiger partial charge is 0.479 e. The van der Waals surface area contributed by atoms with E-state index >= 15 is 0 Å². The minimum atomic E-state index is -0.988. The molecule has 3 nitrogen and oxygen atoms in total. The summed E-state index contributed by atoms with van der Waals surface area (Å²) in [6.45, 7) is 0.615. The predicted molar refractivity (Wildman–Crippen MR) is 86.8 cm³/mol. The number of anilines is 1. The Kier molecular flexibility index (Phi) is 5.56. The molecule has 0 heterocycles. The first-order chi connectivity index (χ1) is 10.6. The van der Waals surface area contributed by atoms with Crippen molar-refractivity contribution >= 4 is 16.5 Å². The Bertz CT molecular complexity index is 708. The van der Waals surface area contributed by atoms with Gasteiger partial charge in [-0.15, -0.1) is 6.42 Å². The van der Waals surface area contributed by atoms with Crippen LogP contribution in [-0.4, -0.2) is 17.1 Å². The summed E-state index contributed by atoms with van der Waals surface area (Å²) in [5.74, 6) is 2.35.